The second kappa shape index (κ2) is 10.8. The van der Waals surface area contributed by atoms with Crippen molar-refractivity contribution in [2.75, 3.05) is 18.5 Å². The monoisotopic (exact) mass is 542 g/mol. The molecule has 0 saturated carbocycles. The Hall–Kier alpha value is -3.31. The molecule has 3 atom stereocenters. The van der Waals surface area contributed by atoms with Gasteiger partial charge in [0, 0.05) is 17.8 Å². The number of aryl methyl sites for hydroxylation is 1. The topological polar surface area (TPSA) is 42.8 Å². The van der Waals surface area contributed by atoms with Gasteiger partial charge in [-0.1, -0.05) is 54.6 Å². The fourth-order valence-corrected chi connectivity index (χ4v) is 5.74. The molecule has 184 valence electrons. The highest BCUT2D eigenvalue weighted by atomic mass is 79.9. The van der Waals surface area contributed by atoms with Crippen LogP contribution in [0.25, 0.3) is 0 Å². The molecule has 0 unspecified atom stereocenters. The van der Waals surface area contributed by atoms with Crippen molar-refractivity contribution in [1.82, 2.24) is 0 Å². The summed E-state index contributed by atoms with van der Waals surface area (Å²) in [7, 11) is 0. The van der Waals surface area contributed by atoms with Crippen molar-refractivity contribution in [3.8, 4) is 11.5 Å². The van der Waals surface area contributed by atoms with Crippen molar-refractivity contribution in [2.45, 2.75) is 32.2 Å². The van der Waals surface area contributed by atoms with E-state index in [1.165, 1.54) is 22.4 Å². The fourth-order valence-electron chi connectivity index (χ4n) is 5.17. The molecular formula is C31H31BrN2O2. The Morgan fingerprint density at radius 1 is 1.11 bits per heavy atom. The highest BCUT2D eigenvalue weighted by Gasteiger charge is 2.37. The normalized spacial score (nSPS) is 20.0. The van der Waals surface area contributed by atoms with Gasteiger partial charge < -0.3 is 14.8 Å². The lowest BCUT2D eigenvalue weighted by molar-refractivity contribution is 0.295. The van der Waals surface area contributed by atoms with Crippen molar-refractivity contribution in [3.63, 3.8) is 0 Å². The lowest BCUT2D eigenvalue weighted by Gasteiger charge is -2.37. The second-order valence-electron chi connectivity index (χ2n) is 9.28. The molecular weight excluding hydrogens is 512 g/mol. The van der Waals surface area contributed by atoms with Crippen LogP contribution in [0.4, 0.5) is 11.4 Å². The smallest absolute Gasteiger partial charge is 0.175 e. The molecule has 0 amide bonds. The minimum absolute atomic E-state index is 0.283. The number of nitrogens with zero attached hydrogens (tertiary/aromatic N) is 1. The first kappa shape index (κ1) is 24.4. The molecule has 2 aliphatic rings. The largest absolute Gasteiger partial charge is 0.490 e. The van der Waals surface area contributed by atoms with Gasteiger partial charge in [-0.15, -0.1) is 0 Å². The summed E-state index contributed by atoms with van der Waals surface area (Å²) in [6, 6.07) is 19.5. The number of nitrogens with one attached hydrogen (secondary N) is 1. The first-order valence-corrected chi connectivity index (χ1v) is 13.2. The number of aliphatic imine (C=N–C) groups is 1. The second-order valence-corrected chi connectivity index (χ2v) is 10.1. The van der Waals surface area contributed by atoms with Crippen LogP contribution in [-0.4, -0.2) is 19.4 Å². The highest BCUT2D eigenvalue weighted by molar-refractivity contribution is 9.10. The van der Waals surface area contributed by atoms with Crippen LogP contribution in [0, 0.1) is 12.8 Å². The molecule has 1 N–H and O–H groups in total. The van der Waals surface area contributed by atoms with Crippen molar-refractivity contribution < 1.29 is 9.47 Å². The van der Waals surface area contributed by atoms with Crippen molar-refractivity contribution >= 4 is 33.5 Å². The summed E-state index contributed by atoms with van der Waals surface area (Å²) in [5.74, 6) is 2.36. The third kappa shape index (κ3) is 4.98. The van der Waals surface area contributed by atoms with Gasteiger partial charge in [0.15, 0.2) is 11.5 Å². The quantitative estimate of drug-likeness (QED) is 0.230. The SMILES string of the molecule is C=CCOc1c(Br)cc(C=Nc2ccc([C@@H]3Nc4ccc(C)cc4[C@H]4C=CC[C@H]43)cc2)cc1OCC. The average molecular weight is 544 g/mol. The minimum atomic E-state index is 0.283. The molecule has 0 saturated heterocycles. The summed E-state index contributed by atoms with van der Waals surface area (Å²) < 4.78 is 12.4. The molecule has 0 spiro atoms. The summed E-state index contributed by atoms with van der Waals surface area (Å²) in [5, 5.41) is 3.82. The van der Waals surface area contributed by atoms with Crippen LogP contribution in [-0.2, 0) is 0 Å². The standard InChI is InChI=1S/C31H31BrN2O2/c1-4-15-36-31-27(32)17-21(18-29(31)35-5-2)19-33-23-12-10-22(11-13-23)30-25-8-6-7-24(25)26-16-20(3)9-14-28(26)34-30/h4,6-7,9-14,16-19,24-25,30,34H,1,5,8,15H2,2-3H3/t24-,25+,30-/m0/s1. The van der Waals surface area contributed by atoms with Gasteiger partial charge in [0.25, 0.3) is 0 Å². The van der Waals surface area contributed by atoms with Crippen LogP contribution in [0.15, 0.2) is 88.9 Å². The number of fused-ring (bicyclic) bond motifs is 3. The zero-order valence-corrected chi connectivity index (χ0v) is 22.3. The Labute approximate surface area is 221 Å². The summed E-state index contributed by atoms with van der Waals surface area (Å²) in [6.45, 7) is 8.81. The van der Waals surface area contributed by atoms with E-state index in [4.69, 9.17) is 14.5 Å². The molecule has 5 heteroatoms. The van der Waals surface area contributed by atoms with E-state index < -0.39 is 0 Å². The van der Waals surface area contributed by atoms with E-state index in [-0.39, 0.29) is 6.04 Å². The maximum atomic E-state index is 5.79. The van der Waals surface area contributed by atoms with Crippen LogP contribution >= 0.6 is 15.9 Å². The Bertz CT molecular complexity index is 1310. The number of ether oxygens (including phenoxy) is 2. The predicted molar refractivity (Wildman–Crippen MR) is 152 cm³/mol. The van der Waals surface area contributed by atoms with E-state index in [1.54, 1.807) is 6.08 Å². The van der Waals surface area contributed by atoms with Crippen molar-refractivity contribution in [3.05, 3.63) is 106 Å². The number of halogens is 1. The Kier molecular flexibility index (Phi) is 7.28. The summed E-state index contributed by atoms with van der Waals surface area (Å²) in [4.78, 5) is 4.72. The molecule has 1 heterocycles. The molecule has 0 radical (unpaired) electrons. The molecule has 0 fully saturated rings. The summed E-state index contributed by atoms with van der Waals surface area (Å²) in [5.41, 5.74) is 7.12. The van der Waals surface area contributed by atoms with Crippen LogP contribution in [0.3, 0.4) is 0 Å². The Balaban J connectivity index is 1.35. The lowest BCUT2D eigenvalue weighted by atomic mass is 9.76. The number of benzene rings is 3. The molecule has 4 nitrogen and oxygen atoms in total. The first-order valence-electron chi connectivity index (χ1n) is 12.4. The maximum Gasteiger partial charge on any atom is 0.175 e. The van der Waals surface area contributed by atoms with Gasteiger partial charge in [0.2, 0.25) is 0 Å². The zero-order valence-electron chi connectivity index (χ0n) is 20.7. The molecule has 3 aromatic carbocycles. The van der Waals surface area contributed by atoms with Crippen molar-refractivity contribution in [1.29, 1.82) is 0 Å². The van der Waals surface area contributed by atoms with Crippen LogP contribution < -0.4 is 14.8 Å². The van der Waals surface area contributed by atoms with Gasteiger partial charge in [-0.3, -0.25) is 4.99 Å². The molecule has 5 rings (SSSR count). The van der Waals surface area contributed by atoms with Crippen LogP contribution in [0.2, 0.25) is 0 Å². The van der Waals surface area contributed by atoms with Gasteiger partial charge in [-0.05, 0) is 89.1 Å². The number of hydrogen-bond acceptors (Lipinski definition) is 4. The molecule has 3 aromatic rings. The molecule has 0 aromatic heterocycles. The van der Waals surface area contributed by atoms with Crippen molar-refractivity contribution in [2.24, 2.45) is 10.9 Å². The number of anilines is 1. The van der Waals surface area contributed by atoms with Gasteiger partial charge >= 0.3 is 0 Å². The average Bonchev–Trinajstić information content (AvgIpc) is 3.38. The Morgan fingerprint density at radius 3 is 2.72 bits per heavy atom. The zero-order chi connectivity index (χ0) is 25.1. The van der Waals surface area contributed by atoms with E-state index in [0.717, 1.165) is 22.1 Å². The van der Waals surface area contributed by atoms with Crippen LogP contribution in [0.1, 0.15) is 47.6 Å². The van der Waals surface area contributed by atoms with E-state index in [9.17, 15) is 0 Å². The molecule has 36 heavy (non-hydrogen) atoms. The summed E-state index contributed by atoms with van der Waals surface area (Å²) in [6.07, 6.45) is 9.39. The molecule has 1 aliphatic carbocycles. The fraction of sp³-hybridized carbons (Fsp3) is 0.258. The number of allylic oxidation sites excluding steroid dienone is 2. The van der Waals surface area contributed by atoms with E-state index in [1.807, 2.05) is 25.3 Å². The third-order valence-electron chi connectivity index (χ3n) is 6.81. The van der Waals surface area contributed by atoms with Crippen LogP contribution in [0.5, 0.6) is 11.5 Å². The minimum Gasteiger partial charge on any atom is -0.490 e. The van der Waals surface area contributed by atoms with Gasteiger partial charge in [0.05, 0.1) is 22.8 Å². The van der Waals surface area contributed by atoms with Gasteiger partial charge in [-0.25, -0.2) is 0 Å². The maximum absolute atomic E-state index is 5.79. The van der Waals surface area contributed by atoms with E-state index in [0.29, 0.717) is 36.5 Å². The summed E-state index contributed by atoms with van der Waals surface area (Å²) >= 11 is 3.60. The lowest BCUT2D eigenvalue weighted by Crippen LogP contribution is -2.29. The molecule has 1 aliphatic heterocycles. The Morgan fingerprint density at radius 2 is 1.94 bits per heavy atom. The number of hydrogen-bond donors (Lipinski definition) is 1. The van der Waals surface area contributed by atoms with E-state index >= 15 is 0 Å². The third-order valence-corrected chi connectivity index (χ3v) is 7.40. The van der Waals surface area contributed by atoms with E-state index in [2.05, 4.69) is 89.4 Å². The predicted octanol–water partition coefficient (Wildman–Crippen LogP) is 8.30. The number of rotatable bonds is 8. The van der Waals surface area contributed by atoms with Gasteiger partial charge in [-0.2, -0.15) is 0 Å². The molecule has 0 bridgehead atoms. The van der Waals surface area contributed by atoms with Gasteiger partial charge in [0.1, 0.15) is 6.61 Å². The highest BCUT2D eigenvalue weighted by Crippen LogP contribution is 2.50. The first-order chi connectivity index (χ1) is 17.6.